The maximum atomic E-state index is 2.39. The fourth-order valence-electron chi connectivity index (χ4n) is 3.84. The molecule has 21 heavy (non-hydrogen) atoms. The number of hydrogen-bond acceptors (Lipinski definition) is 0. The minimum atomic E-state index is 0.0971. The van der Waals surface area contributed by atoms with E-state index in [4.69, 9.17) is 0 Å². The first-order valence-electron chi connectivity index (χ1n) is 7.79. The number of benzene rings is 3. The van der Waals surface area contributed by atoms with E-state index in [0.29, 0.717) is 0 Å². The Kier molecular flexibility index (Phi) is 2.53. The molecule has 0 aliphatic heterocycles. The van der Waals surface area contributed by atoms with Crippen LogP contribution in [0.15, 0.2) is 54.6 Å². The molecular weight excluding hydrogens is 252 g/mol. The van der Waals surface area contributed by atoms with Crippen LogP contribution in [0.3, 0.4) is 0 Å². The Bertz CT molecular complexity index is 853. The smallest absolute Gasteiger partial charge is 0.0159 e. The van der Waals surface area contributed by atoms with Gasteiger partial charge in [-0.3, -0.25) is 0 Å². The highest BCUT2D eigenvalue weighted by molar-refractivity contribution is 5.94. The molecule has 4 rings (SSSR count). The zero-order valence-corrected chi connectivity index (χ0v) is 12.9. The second-order valence-electron chi connectivity index (χ2n) is 6.56. The van der Waals surface area contributed by atoms with Gasteiger partial charge in [0.2, 0.25) is 0 Å². The summed E-state index contributed by atoms with van der Waals surface area (Å²) in [5, 5.41) is 2.68. The first-order valence-corrected chi connectivity index (χ1v) is 7.79. The summed E-state index contributed by atoms with van der Waals surface area (Å²) in [6, 6.07) is 20.3. The number of aryl methyl sites for hydroxylation is 1. The second-order valence-corrected chi connectivity index (χ2v) is 6.56. The predicted octanol–water partition coefficient (Wildman–Crippen LogP) is 5.71. The molecule has 0 atom stereocenters. The van der Waals surface area contributed by atoms with Gasteiger partial charge in [-0.25, -0.2) is 0 Å². The summed E-state index contributed by atoms with van der Waals surface area (Å²) in [4.78, 5) is 0. The van der Waals surface area contributed by atoms with Gasteiger partial charge in [-0.15, -0.1) is 0 Å². The zero-order chi connectivity index (χ0) is 14.6. The monoisotopic (exact) mass is 272 g/mol. The van der Waals surface area contributed by atoms with Crippen LogP contribution in [0.1, 0.15) is 37.5 Å². The molecule has 0 nitrogen and oxygen atoms in total. The van der Waals surface area contributed by atoms with E-state index >= 15 is 0 Å². The maximum Gasteiger partial charge on any atom is 0.0159 e. The van der Waals surface area contributed by atoms with E-state index in [2.05, 4.69) is 75.4 Å². The van der Waals surface area contributed by atoms with E-state index in [1.54, 1.807) is 0 Å². The van der Waals surface area contributed by atoms with E-state index in [0.717, 1.165) is 6.42 Å². The molecule has 0 amide bonds. The van der Waals surface area contributed by atoms with Gasteiger partial charge in [0.15, 0.2) is 0 Å². The summed E-state index contributed by atoms with van der Waals surface area (Å²) < 4.78 is 0. The molecule has 1 aliphatic carbocycles. The lowest BCUT2D eigenvalue weighted by atomic mass is 9.81. The molecule has 0 saturated heterocycles. The summed E-state index contributed by atoms with van der Waals surface area (Å²) in [7, 11) is 0. The third kappa shape index (κ3) is 1.62. The minimum Gasteiger partial charge on any atom is -0.0616 e. The van der Waals surface area contributed by atoms with E-state index in [1.165, 1.54) is 38.6 Å². The maximum absolute atomic E-state index is 2.39. The molecule has 0 heteroatoms. The third-order valence-corrected chi connectivity index (χ3v) is 5.03. The van der Waals surface area contributed by atoms with E-state index in [9.17, 15) is 0 Å². The van der Waals surface area contributed by atoms with Crippen LogP contribution >= 0.6 is 0 Å². The van der Waals surface area contributed by atoms with Crippen LogP contribution < -0.4 is 0 Å². The molecule has 104 valence electrons. The lowest BCUT2D eigenvalue weighted by Crippen LogP contribution is -2.15. The van der Waals surface area contributed by atoms with Crippen LogP contribution in [0.2, 0.25) is 0 Å². The number of hydrogen-bond donors (Lipinski definition) is 0. The normalized spacial score (nSPS) is 15.0. The molecule has 0 saturated carbocycles. The lowest BCUT2D eigenvalue weighted by molar-refractivity contribution is 0.660. The molecule has 0 aromatic heterocycles. The predicted molar refractivity (Wildman–Crippen MR) is 90.9 cm³/mol. The highest BCUT2D eigenvalue weighted by Crippen LogP contribution is 2.51. The first kappa shape index (κ1) is 12.6. The Hall–Kier alpha value is -2.08. The van der Waals surface area contributed by atoms with Crippen LogP contribution in [0, 0.1) is 0 Å². The van der Waals surface area contributed by atoms with Gasteiger partial charge in [0.25, 0.3) is 0 Å². The Morgan fingerprint density at radius 2 is 1.52 bits per heavy atom. The summed E-state index contributed by atoms with van der Waals surface area (Å²) in [6.07, 6.45) is 1.09. The molecule has 1 aliphatic rings. The Morgan fingerprint density at radius 3 is 2.24 bits per heavy atom. The van der Waals surface area contributed by atoms with Crippen LogP contribution in [0.25, 0.3) is 21.9 Å². The lowest BCUT2D eigenvalue weighted by Gasteiger charge is -2.22. The van der Waals surface area contributed by atoms with Crippen LogP contribution in [-0.4, -0.2) is 0 Å². The van der Waals surface area contributed by atoms with Crippen molar-refractivity contribution in [1.82, 2.24) is 0 Å². The van der Waals surface area contributed by atoms with Crippen molar-refractivity contribution in [3.05, 3.63) is 71.3 Å². The van der Waals surface area contributed by atoms with Crippen molar-refractivity contribution in [2.45, 2.75) is 32.6 Å². The zero-order valence-electron chi connectivity index (χ0n) is 12.9. The number of rotatable bonds is 1. The molecule has 0 fully saturated rings. The fraction of sp³-hybridized carbons (Fsp3) is 0.238. The van der Waals surface area contributed by atoms with Gasteiger partial charge in [-0.05, 0) is 57.1 Å². The average Bonchev–Trinajstić information content (AvgIpc) is 2.73. The first-order chi connectivity index (χ1) is 10.1. The minimum absolute atomic E-state index is 0.0971. The van der Waals surface area contributed by atoms with Crippen LogP contribution in [0.4, 0.5) is 0 Å². The largest absolute Gasteiger partial charge is 0.0616 e. The van der Waals surface area contributed by atoms with Gasteiger partial charge in [0, 0.05) is 5.41 Å². The van der Waals surface area contributed by atoms with Gasteiger partial charge in [-0.1, -0.05) is 63.2 Å². The molecule has 0 spiro atoms. The Labute approximate surface area is 126 Å². The van der Waals surface area contributed by atoms with Gasteiger partial charge < -0.3 is 0 Å². The standard InChI is InChI=1S/C21H20/c1-4-14-10-7-11-18-20(14)17-12-15-8-5-6-9-16(15)13-19(17)21(18,2)3/h5-13H,4H2,1-3H3. The molecule has 0 heterocycles. The van der Waals surface area contributed by atoms with Crippen molar-refractivity contribution in [3.63, 3.8) is 0 Å². The van der Waals surface area contributed by atoms with E-state index < -0.39 is 0 Å². The second kappa shape index (κ2) is 4.21. The molecule has 0 radical (unpaired) electrons. The van der Waals surface area contributed by atoms with E-state index in [-0.39, 0.29) is 5.41 Å². The molecular formula is C21H20. The summed E-state index contributed by atoms with van der Waals surface area (Å²) >= 11 is 0. The SMILES string of the molecule is CCc1cccc2c1-c1cc3ccccc3cc1C2(C)C. The molecule has 3 aromatic rings. The Morgan fingerprint density at radius 1 is 0.810 bits per heavy atom. The highest BCUT2D eigenvalue weighted by atomic mass is 14.4. The topological polar surface area (TPSA) is 0 Å². The van der Waals surface area contributed by atoms with Gasteiger partial charge in [-0.2, -0.15) is 0 Å². The van der Waals surface area contributed by atoms with Crippen molar-refractivity contribution in [1.29, 1.82) is 0 Å². The van der Waals surface area contributed by atoms with Crippen molar-refractivity contribution in [3.8, 4) is 11.1 Å². The van der Waals surface area contributed by atoms with Crippen molar-refractivity contribution < 1.29 is 0 Å². The average molecular weight is 272 g/mol. The van der Waals surface area contributed by atoms with Crippen molar-refractivity contribution >= 4 is 10.8 Å². The van der Waals surface area contributed by atoms with Gasteiger partial charge in [0.05, 0.1) is 0 Å². The third-order valence-electron chi connectivity index (χ3n) is 5.03. The number of fused-ring (bicyclic) bond motifs is 4. The van der Waals surface area contributed by atoms with Crippen molar-refractivity contribution in [2.75, 3.05) is 0 Å². The quantitative estimate of drug-likeness (QED) is 0.532. The summed E-state index contributed by atoms with van der Waals surface area (Å²) in [5.74, 6) is 0. The molecule has 3 aromatic carbocycles. The molecule has 0 bridgehead atoms. The molecule has 0 unspecified atom stereocenters. The van der Waals surface area contributed by atoms with Gasteiger partial charge in [0.1, 0.15) is 0 Å². The highest BCUT2D eigenvalue weighted by Gasteiger charge is 2.36. The van der Waals surface area contributed by atoms with E-state index in [1.807, 2.05) is 0 Å². The molecule has 0 N–H and O–H groups in total. The summed E-state index contributed by atoms with van der Waals surface area (Å²) in [6.45, 7) is 6.96. The van der Waals surface area contributed by atoms with Crippen molar-refractivity contribution in [2.24, 2.45) is 0 Å². The fourth-order valence-corrected chi connectivity index (χ4v) is 3.84. The van der Waals surface area contributed by atoms with Crippen LogP contribution in [-0.2, 0) is 11.8 Å². The van der Waals surface area contributed by atoms with Crippen LogP contribution in [0.5, 0.6) is 0 Å². The summed E-state index contributed by atoms with van der Waals surface area (Å²) in [5.41, 5.74) is 7.43. The van der Waals surface area contributed by atoms with Gasteiger partial charge >= 0.3 is 0 Å². The Balaban J connectivity index is 2.14.